The predicted molar refractivity (Wildman–Crippen MR) is 83.7 cm³/mol. The number of halogens is 1. The number of carbonyl (C=O) groups excluding carboxylic acids is 1. The van der Waals surface area contributed by atoms with Crippen LogP contribution in [-0.2, 0) is 6.54 Å². The van der Waals surface area contributed by atoms with Crippen molar-refractivity contribution in [3.63, 3.8) is 0 Å². The lowest BCUT2D eigenvalue weighted by molar-refractivity contribution is 0.0697. The Morgan fingerprint density at radius 1 is 1.48 bits per heavy atom. The van der Waals surface area contributed by atoms with E-state index in [0.29, 0.717) is 16.7 Å². The summed E-state index contributed by atoms with van der Waals surface area (Å²) in [7, 11) is 1.64. The quantitative estimate of drug-likeness (QED) is 0.866. The van der Waals surface area contributed by atoms with E-state index in [1.54, 1.807) is 18.6 Å². The van der Waals surface area contributed by atoms with Crippen LogP contribution < -0.4 is 5.32 Å². The molecule has 0 atom stereocenters. The monoisotopic (exact) mass is 369 g/mol. The largest absolute Gasteiger partial charge is 0.478 e. The van der Waals surface area contributed by atoms with Crippen LogP contribution in [0.4, 0.5) is 10.5 Å². The second-order valence-corrected chi connectivity index (χ2v) is 5.84. The van der Waals surface area contributed by atoms with Crippen molar-refractivity contribution in [1.29, 1.82) is 0 Å². The number of aromatic nitrogens is 1. The van der Waals surface area contributed by atoms with Crippen molar-refractivity contribution in [2.75, 3.05) is 12.4 Å². The fourth-order valence-electron chi connectivity index (χ4n) is 1.60. The number of hydrogen-bond donors (Lipinski definition) is 2. The molecule has 2 N–H and O–H groups in total. The van der Waals surface area contributed by atoms with E-state index in [1.165, 1.54) is 28.4 Å². The molecule has 0 aliphatic carbocycles. The highest BCUT2D eigenvalue weighted by Crippen LogP contribution is 2.24. The minimum absolute atomic E-state index is 0.107. The molecular formula is C13H12BrN3O3S. The van der Waals surface area contributed by atoms with Crippen LogP contribution in [0.1, 0.15) is 16.1 Å². The Morgan fingerprint density at radius 2 is 2.24 bits per heavy atom. The summed E-state index contributed by atoms with van der Waals surface area (Å²) < 4.78 is 0.614. The summed E-state index contributed by atoms with van der Waals surface area (Å²) in [6, 6.07) is 4.10. The molecule has 8 heteroatoms. The zero-order chi connectivity index (χ0) is 15.4. The van der Waals surface area contributed by atoms with Crippen LogP contribution in [0, 0.1) is 0 Å². The number of benzene rings is 1. The molecule has 0 unspecified atom stereocenters. The Labute approximate surface area is 133 Å². The second-order valence-electron chi connectivity index (χ2n) is 4.27. The molecule has 2 rings (SSSR count). The third kappa shape index (κ3) is 4.02. The van der Waals surface area contributed by atoms with Gasteiger partial charge in [-0.15, -0.1) is 11.3 Å². The molecular weight excluding hydrogens is 358 g/mol. The molecule has 1 aromatic heterocycles. The Balaban J connectivity index is 2.08. The Bertz CT molecular complexity index is 661. The van der Waals surface area contributed by atoms with Crippen LogP contribution in [0.2, 0.25) is 0 Å². The molecule has 0 radical (unpaired) electrons. The molecule has 1 aromatic carbocycles. The van der Waals surface area contributed by atoms with Crippen LogP contribution in [-0.4, -0.2) is 34.0 Å². The van der Waals surface area contributed by atoms with Gasteiger partial charge in [-0.1, -0.05) is 0 Å². The summed E-state index contributed by atoms with van der Waals surface area (Å²) in [4.78, 5) is 28.6. The zero-order valence-electron chi connectivity index (χ0n) is 11.0. The smallest absolute Gasteiger partial charge is 0.335 e. The number of urea groups is 1. The van der Waals surface area contributed by atoms with E-state index in [9.17, 15) is 9.59 Å². The van der Waals surface area contributed by atoms with Crippen LogP contribution in [0.25, 0.3) is 0 Å². The number of nitrogens with one attached hydrogen (secondary N) is 1. The lowest BCUT2D eigenvalue weighted by Crippen LogP contribution is -2.31. The molecule has 21 heavy (non-hydrogen) atoms. The average Bonchev–Trinajstić information content (AvgIpc) is 2.93. The fraction of sp³-hybridized carbons (Fsp3) is 0.154. The first-order chi connectivity index (χ1) is 9.97. The van der Waals surface area contributed by atoms with Gasteiger partial charge in [0.25, 0.3) is 0 Å². The standard InChI is InChI=1S/C13H12BrN3O3S/c1-17(5-9-6-21-7-15-9)13(20)16-11-4-8(12(18)19)2-3-10(11)14/h2-4,6-7H,5H2,1H3,(H,16,20)(H,18,19). The number of carbonyl (C=O) groups is 2. The number of amides is 2. The molecule has 2 amide bonds. The first kappa shape index (κ1) is 15.5. The van der Waals surface area contributed by atoms with Gasteiger partial charge in [-0.25, -0.2) is 14.6 Å². The van der Waals surface area contributed by atoms with E-state index >= 15 is 0 Å². The van der Waals surface area contributed by atoms with E-state index in [1.807, 2.05) is 5.38 Å². The van der Waals surface area contributed by atoms with Crippen molar-refractivity contribution in [3.8, 4) is 0 Å². The van der Waals surface area contributed by atoms with Gasteiger partial charge >= 0.3 is 12.0 Å². The highest BCUT2D eigenvalue weighted by atomic mass is 79.9. The maximum absolute atomic E-state index is 12.1. The molecule has 0 aliphatic rings. The minimum Gasteiger partial charge on any atom is -0.478 e. The van der Waals surface area contributed by atoms with Gasteiger partial charge in [-0.05, 0) is 34.1 Å². The fourth-order valence-corrected chi connectivity index (χ4v) is 2.49. The number of carboxylic acids is 1. The topological polar surface area (TPSA) is 82.5 Å². The van der Waals surface area contributed by atoms with Crippen LogP contribution in [0.3, 0.4) is 0 Å². The van der Waals surface area contributed by atoms with Crippen molar-refractivity contribution in [3.05, 3.63) is 44.8 Å². The number of hydrogen-bond acceptors (Lipinski definition) is 4. The molecule has 1 heterocycles. The summed E-state index contributed by atoms with van der Waals surface area (Å²) in [5.74, 6) is -1.05. The van der Waals surface area contributed by atoms with Gasteiger partial charge in [0.15, 0.2) is 0 Å². The highest BCUT2D eigenvalue weighted by Gasteiger charge is 2.13. The van der Waals surface area contributed by atoms with Gasteiger partial charge < -0.3 is 15.3 Å². The Kier molecular flexibility index (Phi) is 4.92. The third-order valence-corrected chi connectivity index (χ3v) is 4.01. The summed E-state index contributed by atoms with van der Waals surface area (Å²) >= 11 is 4.74. The molecule has 0 bridgehead atoms. The zero-order valence-corrected chi connectivity index (χ0v) is 13.4. The molecule has 0 spiro atoms. The van der Waals surface area contributed by atoms with Gasteiger partial charge in [-0.3, -0.25) is 0 Å². The van der Waals surface area contributed by atoms with Crippen LogP contribution in [0.15, 0.2) is 33.6 Å². The van der Waals surface area contributed by atoms with E-state index in [-0.39, 0.29) is 11.6 Å². The maximum Gasteiger partial charge on any atom is 0.335 e. The van der Waals surface area contributed by atoms with Gasteiger partial charge in [0, 0.05) is 16.9 Å². The van der Waals surface area contributed by atoms with Crippen molar-refractivity contribution in [2.24, 2.45) is 0 Å². The van der Waals surface area contributed by atoms with E-state index < -0.39 is 5.97 Å². The SMILES string of the molecule is CN(Cc1cscn1)C(=O)Nc1cc(C(=O)O)ccc1Br. The molecule has 0 aliphatic heterocycles. The van der Waals surface area contributed by atoms with E-state index in [4.69, 9.17) is 5.11 Å². The van der Waals surface area contributed by atoms with Gasteiger partial charge in [0.1, 0.15) is 0 Å². The number of aromatic carboxylic acids is 1. The average molecular weight is 370 g/mol. The Morgan fingerprint density at radius 3 is 2.86 bits per heavy atom. The Hall–Kier alpha value is -1.93. The normalized spacial score (nSPS) is 10.2. The number of thiazole rings is 1. The summed E-state index contributed by atoms with van der Waals surface area (Å²) in [6.07, 6.45) is 0. The lowest BCUT2D eigenvalue weighted by atomic mass is 10.2. The molecule has 0 saturated heterocycles. The first-order valence-corrected chi connectivity index (χ1v) is 7.63. The van der Waals surface area contributed by atoms with Crippen LogP contribution in [0.5, 0.6) is 0 Å². The van der Waals surface area contributed by atoms with Crippen molar-refractivity contribution in [1.82, 2.24) is 9.88 Å². The second kappa shape index (κ2) is 6.68. The van der Waals surface area contributed by atoms with Crippen LogP contribution >= 0.6 is 27.3 Å². The third-order valence-electron chi connectivity index (χ3n) is 2.68. The van der Waals surface area contributed by atoms with Gasteiger partial charge in [-0.2, -0.15) is 0 Å². The molecule has 6 nitrogen and oxygen atoms in total. The summed E-state index contributed by atoms with van der Waals surface area (Å²) in [6.45, 7) is 0.381. The number of nitrogens with zero attached hydrogens (tertiary/aromatic N) is 2. The van der Waals surface area contributed by atoms with Crippen molar-refractivity contribution >= 4 is 45.0 Å². The number of rotatable bonds is 4. The summed E-state index contributed by atoms with van der Waals surface area (Å²) in [5.41, 5.74) is 3.02. The van der Waals surface area contributed by atoms with Gasteiger partial charge in [0.2, 0.25) is 0 Å². The highest BCUT2D eigenvalue weighted by molar-refractivity contribution is 9.10. The lowest BCUT2D eigenvalue weighted by Gasteiger charge is -2.17. The molecule has 2 aromatic rings. The number of carboxylic acid groups (broad SMARTS) is 1. The predicted octanol–water partition coefficient (Wildman–Crippen LogP) is 3.27. The first-order valence-electron chi connectivity index (χ1n) is 5.89. The number of anilines is 1. The maximum atomic E-state index is 12.1. The molecule has 110 valence electrons. The van der Waals surface area contributed by atoms with E-state index in [2.05, 4.69) is 26.2 Å². The van der Waals surface area contributed by atoms with Crippen molar-refractivity contribution in [2.45, 2.75) is 6.54 Å². The summed E-state index contributed by atoms with van der Waals surface area (Å²) in [5, 5.41) is 13.5. The van der Waals surface area contributed by atoms with Crippen molar-refractivity contribution < 1.29 is 14.7 Å². The molecule has 0 saturated carbocycles. The van der Waals surface area contributed by atoms with Gasteiger partial charge in [0.05, 0.1) is 29.0 Å². The molecule has 0 fully saturated rings. The minimum atomic E-state index is -1.05. The van der Waals surface area contributed by atoms with E-state index in [0.717, 1.165) is 5.69 Å².